The predicted molar refractivity (Wildman–Crippen MR) is 74.4 cm³/mol. The highest BCUT2D eigenvalue weighted by molar-refractivity contribution is 7.98. The Kier molecular flexibility index (Phi) is 4.93. The van der Waals surface area contributed by atoms with Crippen molar-refractivity contribution in [2.75, 3.05) is 6.26 Å². The maximum absolute atomic E-state index is 10.4. The Labute approximate surface area is 109 Å². The lowest BCUT2D eigenvalue weighted by Crippen LogP contribution is -2.11. The van der Waals surface area contributed by atoms with Gasteiger partial charge in [-0.15, -0.1) is 11.8 Å². The van der Waals surface area contributed by atoms with Crippen LogP contribution in [0.5, 0.6) is 0 Å². The minimum absolute atomic E-state index is 0.276. The molecule has 1 aliphatic carbocycles. The molecule has 0 heterocycles. The molecule has 2 heteroatoms. The van der Waals surface area contributed by atoms with Crippen LogP contribution >= 0.6 is 11.8 Å². The van der Waals surface area contributed by atoms with Crippen molar-refractivity contribution in [2.24, 2.45) is 5.92 Å². The minimum Gasteiger partial charge on any atom is -0.388 e. The van der Waals surface area contributed by atoms with Gasteiger partial charge in [0.05, 0.1) is 6.10 Å². The fourth-order valence-corrected chi connectivity index (χ4v) is 3.46. The Morgan fingerprint density at radius 3 is 2.65 bits per heavy atom. The molecule has 1 aromatic rings. The Morgan fingerprint density at radius 1 is 1.24 bits per heavy atom. The molecule has 0 aromatic heterocycles. The lowest BCUT2D eigenvalue weighted by Gasteiger charge is -2.24. The van der Waals surface area contributed by atoms with Gasteiger partial charge in [-0.05, 0) is 30.2 Å². The average molecular weight is 250 g/mol. The molecule has 1 N–H and O–H groups in total. The topological polar surface area (TPSA) is 20.2 Å². The van der Waals surface area contributed by atoms with Crippen molar-refractivity contribution < 1.29 is 5.11 Å². The van der Waals surface area contributed by atoms with E-state index in [-0.39, 0.29) is 6.10 Å². The van der Waals surface area contributed by atoms with E-state index >= 15 is 0 Å². The summed E-state index contributed by atoms with van der Waals surface area (Å²) in [7, 11) is 0. The first-order chi connectivity index (χ1) is 8.31. The van der Waals surface area contributed by atoms with Gasteiger partial charge in [0, 0.05) is 4.90 Å². The van der Waals surface area contributed by atoms with E-state index in [1.807, 2.05) is 12.1 Å². The molecule has 1 aromatic carbocycles. The van der Waals surface area contributed by atoms with Crippen LogP contribution in [0.1, 0.15) is 50.2 Å². The van der Waals surface area contributed by atoms with E-state index in [4.69, 9.17) is 0 Å². The van der Waals surface area contributed by atoms with Gasteiger partial charge >= 0.3 is 0 Å². The second-order valence-corrected chi connectivity index (χ2v) is 5.85. The number of thioether (sulfide) groups is 1. The fourth-order valence-electron chi connectivity index (χ4n) is 2.81. The maximum Gasteiger partial charge on any atom is 0.0803 e. The normalized spacial score (nSPS) is 19.2. The molecule has 1 fully saturated rings. The van der Waals surface area contributed by atoms with E-state index in [1.54, 1.807) is 11.8 Å². The van der Waals surface area contributed by atoms with Crippen molar-refractivity contribution in [3.8, 4) is 0 Å². The van der Waals surface area contributed by atoms with Crippen molar-refractivity contribution in [1.82, 2.24) is 0 Å². The highest BCUT2D eigenvalue weighted by atomic mass is 32.2. The summed E-state index contributed by atoms with van der Waals surface area (Å²) in [5.41, 5.74) is 1.12. The Morgan fingerprint density at radius 2 is 1.94 bits per heavy atom. The first kappa shape index (κ1) is 13.0. The van der Waals surface area contributed by atoms with Crippen LogP contribution in [0.15, 0.2) is 29.2 Å². The Hall–Kier alpha value is -0.470. The maximum atomic E-state index is 10.4. The molecule has 17 heavy (non-hydrogen) atoms. The molecule has 0 spiro atoms. The molecule has 0 amide bonds. The highest BCUT2D eigenvalue weighted by Crippen LogP contribution is 2.34. The lowest BCUT2D eigenvalue weighted by atomic mass is 9.84. The summed E-state index contributed by atoms with van der Waals surface area (Å²) >= 11 is 1.73. The average Bonchev–Trinajstić information content (AvgIpc) is 2.40. The van der Waals surface area contributed by atoms with Crippen LogP contribution in [0.4, 0.5) is 0 Å². The monoisotopic (exact) mass is 250 g/mol. The van der Waals surface area contributed by atoms with Gasteiger partial charge in [-0.1, -0.05) is 50.3 Å². The summed E-state index contributed by atoms with van der Waals surface area (Å²) in [6, 6.07) is 8.24. The second kappa shape index (κ2) is 6.46. The van der Waals surface area contributed by atoms with Gasteiger partial charge in [-0.3, -0.25) is 0 Å². The molecular formula is C15H22OS. The SMILES string of the molecule is CSc1ccccc1C(O)CC1CCCCC1. The van der Waals surface area contributed by atoms with Gasteiger partial charge in [0.25, 0.3) is 0 Å². The van der Waals surface area contributed by atoms with Crippen molar-refractivity contribution >= 4 is 11.8 Å². The molecule has 0 bridgehead atoms. The standard InChI is InChI=1S/C15H22OS/c1-17-15-10-6-5-9-13(15)14(16)11-12-7-3-2-4-8-12/h5-6,9-10,12,14,16H,2-4,7-8,11H2,1H3. The summed E-state index contributed by atoms with van der Waals surface area (Å²) in [6.07, 6.45) is 9.43. The first-order valence-corrected chi connectivity index (χ1v) is 7.84. The zero-order valence-electron chi connectivity index (χ0n) is 10.6. The van der Waals surface area contributed by atoms with Gasteiger partial charge in [0.1, 0.15) is 0 Å². The number of aliphatic hydroxyl groups is 1. The minimum atomic E-state index is -0.276. The molecular weight excluding hydrogens is 228 g/mol. The third-order valence-corrected chi connectivity index (χ3v) is 4.59. The summed E-state index contributed by atoms with van der Waals surface area (Å²) < 4.78 is 0. The number of benzene rings is 1. The quantitative estimate of drug-likeness (QED) is 0.799. The largest absolute Gasteiger partial charge is 0.388 e. The third-order valence-electron chi connectivity index (χ3n) is 3.78. The van der Waals surface area contributed by atoms with Gasteiger partial charge < -0.3 is 5.11 Å². The summed E-state index contributed by atoms with van der Waals surface area (Å²) in [5.74, 6) is 0.730. The predicted octanol–water partition coefficient (Wildman–Crippen LogP) is 4.41. The molecule has 1 unspecified atom stereocenters. The zero-order chi connectivity index (χ0) is 12.1. The van der Waals surface area contributed by atoms with E-state index in [0.29, 0.717) is 0 Å². The first-order valence-electron chi connectivity index (χ1n) is 6.62. The molecule has 1 aliphatic rings. The second-order valence-electron chi connectivity index (χ2n) is 5.00. The summed E-state index contributed by atoms with van der Waals surface area (Å²) in [4.78, 5) is 1.22. The molecule has 0 radical (unpaired) electrons. The van der Waals surface area contributed by atoms with E-state index in [2.05, 4.69) is 18.4 Å². The van der Waals surface area contributed by atoms with Gasteiger partial charge in [0.15, 0.2) is 0 Å². The third kappa shape index (κ3) is 3.49. The van der Waals surface area contributed by atoms with Crippen LogP contribution < -0.4 is 0 Å². The van der Waals surface area contributed by atoms with E-state index in [0.717, 1.165) is 17.9 Å². The highest BCUT2D eigenvalue weighted by Gasteiger charge is 2.19. The van der Waals surface area contributed by atoms with Crippen LogP contribution in [0.3, 0.4) is 0 Å². The van der Waals surface area contributed by atoms with Gasteiger partial charge in [-0.2, -0.15) is 0 Å². The summed E-state index contributed by atoms with van der Waals surface area (Å²) in [5, 5.41) is 10.4. The number of rotatable bonds is 4. The van der Waals surface area contributed by atoms with E-state index < -0.39 is 0 Å². The van der Waals surface area contributed by atoms with Crippen LogP contribution in [-0.2, 0) is 0 Å². The van der Waals surface area contributed by atoms with Crippen molar-refractivity contribution in [1.29, 1.82) is 0 Å². The van der Waals surface area contributed by atoms with Crippen LogP contribution in [0.2, 0.25) is 0 Å². The fraction of sp³-hybridized carbons (Fsp3) is 0.600. The molecule has 1 atom stereocenters. The number of hydrogen-bond donors (Lipinski definition) is 1. The van der Waals surface area contributed by atoms with Crippen LogP contribution in [0.25, 0.3) is 0 Å². The van der Waals surface area contributed by atoms with Crippen molar-refractivity contribution in [3.63, 3.8) is 0 Å². The van der Waals surface area contributed by atoms with E-state index in [9.17, 15) is 5.11 Å². The zero-order valence-corrected chi connectivity index (χ0v) is 11.4. The van der Waals surface area contributed by atoms with Crippen molar-refractivity contribution in [2.45, 2.75) is 49.5 Å². The van der Waals surface area contributed by atoms with Crippen LogP contribution in [-0.4, -0.2) is 11.4 Å². The molecule has 0 saturated heterocycles. The van der Waals surface area contributed by atoms with Crippen LogP contribution in [0, 0.1) is 5.92 Å². The molecule has 1 saturated carbocycles. The number of aliphatic hydroxyl groups excluding tert-OH is 1. The van der Waals surface area contributed by atoms with Crippen molar-refractivity contribution in [3.05, 3.63) is 29.8 Å². The molecule has 94 valence electrons. The smallest absolute Gasteiger partial charge is 0.0803 e. The summed E-state index contributed by atoms with van der Waals surface area (Å²) in [6.45, 7) is 0. The molecule has 2 rings (SSSR count). The Balaban J connectivity index is 2.00. The lowest BCUT2D eigenvalue weighted by molar-refractivity contribution is 0.129. The van der Waals surface area contributed by atoms with Gasteiger partial charge in [-0.25, -0.2) is 0 Å². The molecule has 1 nitrogen and oxygen atoms in total. The number of hydrogen-bond acceptors (Lipinski definition) is 2. The van der Waals surface area contributed by atoms with E-state index in [1.165, 1.54) is 37.0 Å². The van der Waals surface area contributed by atoms with Gasteiger partial charge in [0.2, 0.25) is 0 Å². The Bertz CT molecular complexity index is 345. The molecule has 0 aliphatic heterocycles.